The minimum absolute atomic E-state index is 0.0969. The summed E-state index contributed by atoms with van der Waals surface area (Å²) in [5.41, 5.74) is 2.77. The van der Waals surface area contributed by atoms with Gasteiger partial charge in [-0.2, -0.15) is 0 Å². The lowest BCUT2D eigenvalue weighted by Crippen LogP contribution is -2.36. The number of fused-ring (bicyclic) bond motifs is 1. The van der Waals surface area contributed by atoms with Crippen molar-refractivity contribution in [3.63, 3.8) is 0 Å². The minimum Gasteiger partial charge on any atom is -0.379 e. The van der Waals surface area contributed by atoms with E-state index in [1.165, 1.54) is 11.3 Å². The van der Waals surface area contributed by atoms with E-state index in [2.05, 4.69) is 54.9 Å². The largest absolute Gasteiger partial charge is 0.379 e. The highest BCUT2D eigenvalue weighted by atomic mass is 16.5. The number of anilines is 1. The van der Waals surface area contributed by atoms with Gasteiger partial charge in [-0.05, 0) is 41.3 Å². The third kappa shape index (κ3) is 5.54. The molecule has 1 aromatic carbocycles. The molecule has 0 radical (unpaired) electrons. The predicted octanol–water partition coefficient (Wildman–Crippen LogP) is 0.855. The molecule has 0 aliphatic carbocycles. The van der Waals surface area contributed by atoms with Crippen molar-refractivity contribution in [2.45, 2.75) is 38.8 Å². The third-order valence-electron chi connectivity index (χ3n) is 5.76. The molecule has 0 atom stereocenters. The number of benzene rings is 1. The second kappa shape index (κ2) is 10.5. The Morgan fingerprint density at radius 1 is 1.10 bits per heavy atom. The number of carbonyl (C=O) groups excluding carboxylic acids is 1. The van der Waals surface area contributed by atoms with Gasteiger partial charge in [-0.25, -0.2) is 4.68 Å². The van der Waals surface area contributed by atoms with Gasteiger partial charge in [0.15, 0.2) is 5.82 Å². The summed E-state index contributed by atoms with van der Waals surface area (Å²) in [6, 6.07) is 8.58. The number of nitrogens with zero attached hydrogens (tertiary/aromatic N) is 6. The van der Waals surface area contributed by atoms with Gasteiger partial charge in [0.25, 0.3) is 0 Å². The molecule has 1 amide bonds. The minimum atomic E-state index is 0.0969. The highest BCUT2D eigenvalue weighted by molar-refractivity contribution is 5.75. The van der Waals surface area contributed by atoms with Crippen molar-refractivity contribution < 1.29 is 9.53 Å². The Labute approximate surface area is 177 Å². The average Bonchev–Trinajstić information content (AvgIpc) is 3.39. The summed E-state index contributed by atoms with van der Waals surface area (Å²) in [6.07, 6.45) is 3.29. The zero-order valence-corrected chi connectivity index (χ0v) is 17.5. The molecule has 2 aliphatic heterocycles. The number of nitrogens with one attached hydrogen (secondary N) is 1. The summed E-state index contributed by atoms with van der Waals surface area (Å²) in [5, 5.41) is 15.1. The predicted molar refractivity (Wildman–Crippen MR) is 113 cm³/mol. The number of amides is 1. The third-order valence-corrected chi connectivity index (χ3v) is 5.76. The van der Waals surface area contributed by atoms with Crippen LogP contribution in [-0.4, -0.2) is 77.0 Å². The quantitative estimate of drug-likeness (QED) is 0.578. The molecule has 3 heterocycles. The molecule has 1 N–H and O–H groups in total. The molecule has 9 heteroatoms. The van der Waals surface area contributed by atoms with Crippen LogP contribution in [0.3, 0.4) is 0 Å². The van der Waals surface area contributed by atoms with Crippen molar-refractivity contribution in [2.75, 3.05) is 50.8 Å². The number of morpholine rings is 1. The van der Waals surface area contributed by atoms with E-state index in [1.54, 1.807) is 0 Å². The zero-order valence-electron chi connectivity index (χ0n) is 17.5. The summed E-state index contributed by atoms with van der Waals surface area (Å²) in [4.78, 5) is 16.9. The number of carbonyl (C=O) groups is 1. The SMILES string of the molecule is O=C(CCCn1nnnc1CN1CCOCC1)NCCCN1CCc2ccccc21. The van der Waals surface area contributed by atoms with Crippen molar-refractivity contribution in [2.24, 2.45) is 0 Å². The van der Waals surface area contributed by atoms with Crippen LogP contribution >= 0.6 is 0 Å². The van der Waals surface area contributed by atoms with Gasteiger partial charge in [-0.3, -0.25) is 9.69 Å². The average molecular weight is 414 g/mol. The summed E-state index contributed by atoms with van der Waals surface area (Å²) >= 11 is 0. The van der Waals surface area contributed by atoms with Crippen LogP contribution < -0.4 is 10.2 Å². The monoisotopic (exact) mass is 413 g/mol. The molecule has 1 aromatic heterocycles. The van der Waals surface area contributed by atoms with E-state index in [1.807, 2.05) is 4.68 Å². The molecular weight excluding hydrogens is 382 g/mol. The number of aryl methyl sites for hydroxylation is 1. The van der Waals surface area contributed by atoms with E-state index in [0.29, 0.717) is 19.5 Å². The lowest BCUT2D eigenvalue weighted by Gasteiger charge is -2.25. The van der Waals surface area contributed by atoms with Crippen LogP contribution in [0.4, 0.5) is 5.69 Å². The summed E-state index contributed by atoms with van der Waals surface area (Å²) in [6.45, 7) is 7.46. The van der Waals surface area contributed by atoms with E-state index in [4.69, 9.17) is 4.74 Å². The number of rotatable bonds is 10. The Morgan fingerprint density at radius 3 is 2.87 bits per heavy atom. The number of ether oxygens (including phenoxy) is 1. The van der Waals surface area contributed by atoms with Crippen LogP contribution in [0.25, 0.3) is 0 Å². The number of para-hydroxylation sites is 1. The first-order valence-electron chi connectivity index (χ1n) is 10.9. The molecule has 2 aromatic rings. The smallest absolute Gasteiger partial charge is 0.220 e. The maximum absolute atomic E-state index is 12.2. The van der Waals surface area contributed by atoms with Gasteiger partial charge in [-0.1, -0.05) is 18.2 Å². The van der Waals surface area contributed by atoms with E-state index < -0.39 is 0 Å². The van der Waals surface area contributed by atoms with Gasteiger partial charge >= 0.3 is 0 Å². The second-order valence-electron chi connectivity index (χ2n) is 7.88. The number of tetrazole rings is 1. The van der Waals surface area contributed by atoms with Crippen molar-refractivity contribution in [3.8, 4) is 0 Å². The first kappa shape index (κ1) is 20.7. The van der Waals surface area contributed by atoms with E-state index >= 15 is 0 Å². The summed E-state index contributed by atoms with van der Waals surface area (Å²) < 4.78 is 7.19. The number of hydrogen-bond acceptors (Lipinski definition) is 7. The molecule has 162 valence electrons. The number of hydrogen-bond donors (Lipinski definition) is 1. The fourth-order valence-corrected chi connectivity index (χ4v) is 4.08. The van der Waals surface area contributed by atoms with Crippen molar-refractivity contribution in [1.82, 2.24) is 30.4 Å². The molecule has 0 bridgehead atoms. The summed E-state index contributed by atoms with van der Waals surface area (Å²) in [7, 11) is 0. The lowest BCUT2D eigenvalue weighted by molar-refractivity contribution is -0.121. The molecule has 30 heavy (non-hydrogen) atoms. The fourth-order valence-electron chi connectivity index (χ4n) is 4.08. The van der Waals surface area contributed by atoms with Gasteiger partial charge in [0.1, 0.15) is 0 Å². The molecule has 0 unspecified atom stereocenters. The molecule has 9 nitrogen and oxygen atoms in total. The Kier molecular flexibility index (Phi) is 7.25. The molecule has 0 spiro atoms. The van der Waals surface area contributed by atoms with Crippen LogP contribution in [0.15, 0.2) is 24.3 Å². The molecule has 1 saturated heterocycles. The zero-order chi connectivity index (χ0) is 20.6. The lowest BCUT2D eigenvalue weighted by atomic mass is 10.2. The van der Waals surface area contributed by atoms with Crippen LogP contribution in [-0.2, 0) is 29.0 Å². The first-order valence-corrected chi connectivity index (χ1v) is 10.9. The van der Waals surface area contributed by atoms with Gasteiger partial charge in [0.05, 0.1) is 19.8 Å². The Bertz CT molecular complexity index is 819. The maximum atomic E-state index is 12.2. The van der Waals surface area contributed by atoms with E-state index in [-0.39, 0.29) is 5.91 Å². The molecular formula is C21H31N7O2. The highest BCUT2D eigenvalue weighted by Gasteiger charge is 2.18. The van der Waals surface area contributed by atoms with Crippen LogP contribution in [0.2, 0.25) is 0 Å². The topological polar surface area (TPSA) is 88.4 Å². The summed E-state index contributed by atoms with van der Waals surface area (Å²) in [5.74, 6) is 0.947. The van der Waals surface area contributed by atoms with Crippen molar-refractivity contribution >= 4 is 11.6 Å². The van der Waals surface area contributed by atoms with Crippen LogP contribution in [0, 0.1) is 0 Å². The normalized spacial score (nSPS) is 16.6. The molecule has 4 rings (SSSR count). The Hall–Kier alpha value is -2.52. The van der Waals surface area contributed by atoms with Crippen LogP contribution in [0.1, 0.15) is 30.7 Å². The van der Waals surface area contributed by atoms with E-state index in [9.17, 15) is 4.79 Å². The Balaban J connectivity index is 1.11. The molecule has 0 saturated carbocycles. The number of aromatic nitrogens is 4. The first-order chi connectivity index (χ1) is 14.8. The van der Waals surface area contributed by atoms with Gasteiger partial charge in [0.2, 0.25) is 5.91 Å². The fraction of sp³-hybridized carbons (Fsp3) is 0.619. The molecule has 2 aliphatic rings. The second-order valence-corrected chi connectivity index (χ2v) is 7.88. The van der Waals surface area contributed by atoms with Crippen LogP contribution in [0.5, 0.6) is 0 Å². The van der Waals surface area contributed by atoms with Gasteiger partial charge in [0, 0.05) is 51.4 Å². The van der Waals surface area contributed by atoms with Crippen molar-refractivity contribution in [1.29, 1.82) is 0 Å². The molecule has 1 fully saturated rings. The standard InChI is InChI=1S/C21H31N7O2/c29-21(22-9-4-10-27-12-8-18-5-1-2-6-19(18)27)7-3-11-28-20(23-24-25-28)17-26-13-15-30-16-14-26/h1-2,5-6H,3-4,7-17H2,(H,22,29). The van der Waals surface area contributed by atoms with Gasteiger partial charge in [-0.15, -0.1) is 5.10 Å². The Morgan fingerprint density at radius 2 is 1.97 bits per heavy atom. The van der Waals surface area contributed by atoms with Gasteiger partial charge < -0.3 is 15.0 Å². The van der Waals surface area contributed by atoms with E-state index in [0.717, 1.165) is 71.0 Å². The maximum Gasteiger partial charge on any atom is 0.220 e. The highest BCUT2D eigenvalue weighted by Crippen LogP contribution is 2.27. The van der Waals surface area contributed by atoms with Crippen molar-refractivity contribution in [3.05, 3.63) is 35.7 Å².